The number of methoxy groups -OCH3 is 1. The highest BCUT2D eigenvalue weighted by Crippen LogP contribution is 2.24. The van der Waals surface area contributed by atoms with Crippen LogP contribution in [-0.4, -0.2) is 17.1 Å². The molecule has 1 aliphatic rings. The van der Waals surface area contributed by atoms with Crippen LogP contribution in [0.3, 0.4) is 0 Å². The summed E-state index contributed by atoms with van der Waals surface area (Å²) >= 11 is 6.15. The summed E-state index contributed by atoms with van der Waals surface area (Å²) in [5, 5.41) is 0.619. The molecule has 0 aliphatic heterocycles. The van der Waals surface area contributed by atoms with Crippen LogP contribution in [0.25, 0.3) is 0 Å². The lowest BCUT2D eigenvalue weighted by atomic mass is 10.1. The van der Waals surface area contributed by atoms with Crippen LogP contribution in [0.4, 0.5) is 0 Å². The van der Waals surface area contributed by atoms with Crippen LogP contribution >= 0.6 is 11.6 Å². The third kappa shape index (κ3) is 2.47. The normalized spacial score (nSPS) is 15.9. The molecular formula is C11H15ClN2O. The highest BCUT2D eigenvalue weighted by molar-refractivity contribution is 6.30. The van der Waals surface area contributed by atoms with E-state index in [1.54, 1.807) is 7.11 Å². The fourth-order valence-corrected chi connectivity index (χ4v) is 2.27. The van der Waals surface area contributed by atoms with Crippen LogP contribution in [0, 0.1) is 0 Å². The van der Waals surface area contributed by atoms with E-state index >= 15 is 0 Å². The van der Waals surface area contributed by atoms with Crippen molar-refractivity contribution in [3.05, 3.63) is 22.2 Å². The number of nitrogens with zero attached hydrogens (tertiary/aromatic N) is 2. The number of hydrogen-bond donors (Lipinski definition) is 0. The maximum absolute atomic E-state index is 6.15. The minimum Gasteiger partial charge on any atom is -0.377 e. The highest BCUT2D eigenvalue weighted by atomic mass is 35.5. The Bertz CT molecular complexity index is 355. The summed E-state index contributed by atoms with van der Waals surface area (Å²) < 4.78 is 5.02. The van der Waals surface area contributed by atoms with E-state index in [-0.39, 0.29) is 0 Å². The molecule has 82 valence electrons. The van der Waals surface area contributed by atoms with E-state index in [4.69, 9.17) is 16.3 Å². The maximum Gasteiger partial charge on any atom is 0.155 e. The van der Waals surface area contributed by atoms with Gasteiger partial charge in [-0.15, -0.1) is 0 Å². The van der Waals surface area contributed by atoms with Crippen molar-refractivity contribution < 1.29 is 4.74 Å². The lowest BCUT2D eigenvalue weighted by molar-refractivity contribution is 0.177. The van der Waals surface area contributed by atoms with Crippen LogP contribution in [0.1, 0.15) is 36.3 Å². The Kier molecular flexibility index (Phi) is 3.54. The number of aryl methyl sites for hydroxylation is 1. The molecule has 15 heavy (non-hydrogen) atoms. The van der Waals surface area contributed by atoms with E-state index in [2.05, 4.69) is 9.97 Å². The molecule has 1 aliphatic carbocycles. The summed E-state index contributed by atoms with van der Waals surface area (Å²) in [5.74, 6) is 0.697. The van der Waals surface area contributed by atoms with Gasteiger partial charge in [-0.3, -0.25) is 0 Å². The van der Waals surface area contributed by atoms with Crippen molar-refractivity contribution in [2.45, 2.75) is 38.7 Å². The predicted molar refractivity (Wildman–Crippen MR) is 59.0 cm³/mol. The van der Waals surface area contributed by atoms with Crippen molar-refractivity contribution in [3.8, 4) is 0 Å². The van der Waals surface area contributed by atoms with Crippen molar-refractivity contribution in [1.29, 1.82) is 0 Å². The van der Waals surface area contributed by atoms with E-state index in [1.165, 1.54) is 19.3 Å². The standard InChI is InChI=1S/C11H15ClN2O/c1-15-7-10-13-9-6-4-2-3-5-8(9)11(12)14-10/h2-7H2,1H3. The summed E-state index contributed by atoms with van der Waals surface area (Å²) in [4.78, 5) is 8.75. The summed E-state index contributed by atoms with van der Waals surface area (Å²) in [6, 6.07) is 0. The second-order valence-corrected chi connectivity index (χ2v) is 4.21. The van der Waals surface area contributed by atoms with Crippen molar-refractivity contribution in [2.75, 3.05) is 7.11 Å². The zero-order valence-electron chi connectivity index (χ0n) is 8.92. The highest BCUT2D eigenvalue weighted by Gasteiger charge is 2.15. The second kappa shape index (κ2) is 4.90. The van der Waals surface area contributed by atoms with Crippen LogP contribution in [0.15, 0.2) is 0 Å². The fourth-order valence-electron chi connectivity index (χ4n) is 1.97. The first-order chi connectivity index (χ1) is 7.31. The van der Waals surface area contributed by atoms with Gasteiger partial charge in [-0.2, -0.15) is 0 Å². The Labute approximate surface area is 94.8 Å². The first-order valence-electron chi connectivity index (χ1n) is 5.34. The SMILES string of the molecule is COCc1nc(Cl)c2c(n1)CCCCC2. The monoisotopic (exact) mass is 226 g/mol. The molecule has 0 aromatic carbocycles. The van der Waals surface area contributed by atoms with Gasteiger partial charge in [0.25, 0.3) is 0 Å². The summed E-state index contributed by atoms with van der Waals surface area (Å²) in [6.45, 7) is 0.438. The smallest absolute Gasteiger partial charge is 0.155 e. The Morgan fingerprint density at radius 1 is 1.20 bits per heavy atom. The van der Waals surface area contributed by atoms with Gasteiger partial charge in [-0.25, -0.2) is 9.97 Å². The van der Waals surface area contributed by atoms with E-state index in [0.29, 0.717) is 17.6 Å². The molecule has 4 heteroatoms. The summed E-state index contributed by atoms with van der Waals surface area (Å²) in [5.41, 5.74) is 2.27. The van der Waals surface area contributed by atoms with Gasteiger partial charge in [-0.1, -0.05) is 18.0 Å². The molecule has 0 unspecified atom stereocenters. The van der Waals surface area contributed by atoms with E-state index in [0.717, 1.165) is 24.1 Å². The molecule has 0 spiro atoms. The molecule has 3 nitrogen and oxygen atoms in total. The minimum atomic E-state index is 0.438. The average molecular weight is 227 g/mol. The molecular weight excluding hydrogens is 212 g/mol. The van der Waals surface area contributed by atoms with Gasteiger partial charge >= 0.3 is 0 Å². The van der Waals surface area contributed by atoms with Gasteiger partial charge in [0.05, 0.1) is 0 Å². The van der Waals surface area contributed by atoms with Gasteiger partial charge in [0.15, 0.2) is 5.82 Å². The van der Waals surface area contributed by atoms with Crippen LogP contribution in [-0.2, 0) is 24.2 Å². The molecule has 0 saturated carbocycles. The van der Waals surface area contributed by atoms with Crippen LogP contribution in [0.5, 0.6) is 0 Å². The predicted octanol–water partition coefficient (Wildman–Crippen LogP) is 2.55. The lowest BCUT2D eigenvalue weighted by Gasteiger charge is -2.08. The zero-order valence-corrected chi connectivity index (χ0v) is 9.68. The number of hydrogen-bond acceptors (Lipinski definition) is 3. The molecule has 0 saturated heterocycles. The second-order valence-electron chi connectivity index (χ2n) is 3.85. The molecule has 0 amide bonds. The molecule has 1 aromatic heterocycles. The fraction of sp³-hybridized carbons (Fsp3) is 0.636. The number of rotatable bonds is 2. The average Bonchev–Trinajstić information content (AvgIpc) is 2.43. The van der Waals surface area contributed by atoms with E-state index in [1.807, 2.05) is 0 Å². The lowest BCUT2D eigenvalue weighted by Crippen LogP contribution is -2.05. The van der Waals surface area contributed by atoms with E-state index < -0.39 is 0 Å². The largest absolute Gasteiger partial charge is 0.377 e. The van der Waals surface area contributed by atoms with Crippen molar-refractivity contribution >= 4 is 11.6 Å². The number of fused-ring (bicyclic) bond motifs is 1. The minimum absolute atomic E-state index is 0.438. The van der Waals surface area contributed by atoms with Crippen LogP contribution < -0.4 is 0 Å². The third-order valence-electron chi connectivity index (χ3n) is 2.70. The summed E-state index contributed by atoms with van der Waals surface area (Å²) in [6.07, 6.45) is 5.69. The molecule has 2 rings (SSSR count). The van der Waals surface area contributed by atoms with Gasteiger partial charge < -0.3 is 4.74 Å². The van der Waals surface area contributed by atoms with Gasteiger partial charge in [-0.05, 0) is 25.7 Å². The Morgan fingerprint density at radius 2 is 2.00 bits per heavy atom. The first-order valence-corrected chi connectivity index (χ1v) is 5.72. The van der Waals surface area contributed by atoms with Gasteiger partial charge in [0.2, 0.25) is 0 Å². The van der Waals surface area contributed by atoms with Crippen LogP contribution in [0.2, 0.25) is 5.15 Å². The van der Waals surface area contributed by atoms with Gasteiger partial charge in [0, 0.05) is 18.4 Å². The first kappa shape index (κ1) is 10.8. The van der Waals surface area contributed by atoms with E-state index in [9.17, 15) is 0 Å². The van der Waals surface area contributed by atoms with Gasteiger partial charge in [0.1, 0.15) is 11.8 Å². The molecule has 0 radical (unpaired) electrons. The Balaban J connectivity index is 2.35. The molecule has 0 N–H and O–H groups in total. The maximum atomic E-state index is 6.15. The molecule has 1 aromatic rings. The molecule has 0 fully saturated rings. The molecule has 1 heterocycles. The zero-order chi connectivity index (χ0) is 10.7. The quantitative estimate of drug-likeness (QED) is 0.574. The Morgan fingerprint density at radius 3 is 2.80 bits per heavy atom. The number of halogens is 1. The number of ether oxygens (including phenoxy) is 1. The Hall–Kier alpha value is -0.670. The van der Waals surface area contributed by atoms with Crippen molar-refractivity contribution in [3.63, 3.8) is 0 Å². The number of aromatic nitrogens is 2. The topological polar surface area (TPSA) is 35.0 Å². The molecule has 0 bridgehead atoms. The van der Waals surface area contributed by atoms with Crippen molar-refractivity contribution in [1.82, 2.24) is 9.97 Å². The molecule has 0 atom stereocenters. The summed E-state index contributed by atoms with van der Waals surface area (Å²) in [7, 11) is 1.64. The van der Waals surface area contributed by atoms with Crippen molar-refractivity contribution in [2.24, 2.45) is 0 Å². The third-order valence-corrected chi connectivity index (χ3v) is 3.02.